The Kier molecular flexibility index (Phi) is 3.43. The molecule has 132 valence electrons. The number of rotatable bonds is 3. The predicted molar refractivity (Wildman–Crippen MR) is 109 cm³/mol. The molecule has 6 nitrogen and oxygen atoms in total. The van der Waals surface area contributed by atoms with E-state index >= 15 is 0 Å². The number of nitrogens with zero attached hydrogens (tertiary/aromatic N) is 4. The first-order chi connectivity index (χ1) is 13.2. The van der Waals surface area contributed by atoms with Crippen molar-refractivity contribution in [2.45, 2.75) is 0 Å². The third-order valence-corrected chi connectivity index (χ3v) is 4.81. The SMILES string of the molecule is CN(C)c1cncc(-c2ccc3[nH]nc(-c4cc5cnccc5[nH]4)c3c2)c1. The number of aromatic nitrogens is 5. The van der Waals surface area contributed by atoms with Crippen LogP contribution in [0.25, 0.3) is 44.3 Å². The van der Waals surface area contributed by atoms with Crippen LogP contribution in [-0.4, -0.2) is 39.2 Å². The average molecular weight is 354 g/mol. The number of H-pyrrole nitrogens is 2. The van der Waals surface area contributed by atoms with E-state index in [0.717, 1.165) is 50.0 Å². The highest BCUT2D eigenvalue weighted by Crippen LogP contribution is 2.32. The molecule has 0 saturated heterocycles. The van der Waals surface area contributed by atoms with Gasteiger partial charge in [0.15, 0.2) is 0 Å². The third kappa shape index (κ3) is 2.62. The lowest BCUT2D eigenvalue weighted by Gasteiger charge is -2.13. The molecule has 0 fully saturated rings. The maximum atomic E-state index is 4.54. The molecule has 0 unspecified atom stereocenters. The number of anilines is 1. The van der Waals surface area contributed by atoms with Gasteiger partial charge in [0.1, 0.15) is 5.69 Å². The van der Waals surface area contributed by atoms with Gasteiger partial charge in [0.05, 0.1) is 23.1 Å². The van der Waals surface area contributed by atoms with Gasteiger partial charge in [-0.2, -0.15) is 5.10 Å². The highest BCUT2D eigenvalue weighted by atomic mass is 15.1. The fourth-order valence-corrected chi connectivity index (χ4v) is 3.33. The quantitative estimate of drug-likeness (QED) is 0.508. The van der Waals surface area contributed by atoms with E-state index in [1.807, 2.05) is 38.8 Å². The maximum absolute atomic E-state index is 4.54. The van der Waals surface area contributed by atoms with Crippen LogP contribution in [0.3, 0.4) is 0 Å². The molecule has 0 aliphatic carbocycles. The van der Waals surface area contributed by atoms with Crippen molar-refractivity contribution in [3.05, 3.63) is 61.2 Å². The van der Waals surface area contributed by atoms with Crippen LogP contribution in [-0.2, 0) is 0 Å². The minimum atomic E-state index is 0.903. The van der Waals surface area contributed by atoms with Gasteiger partial charge in [0.25, 0.3) is 0 Å². The number of fused-ring (bicyclic) bond motifs is 2. The molecule has 0 atom stereocenters. The molecule has 0 radical (unpaired) electrons. The lowest BCUT2D eigenvalue weighted by atomic mass is 10.0. The second kappa shape index (κ2) is 5.95. The zero-order valence-electron chi connectivity index (χ0n) is 15.1. The van der Waals surface area contributed by atoms with Gasteiger partial charge in [-0.25, -0.2) is 0 Å². The fourth-order valence-electron chi connectivity index (χ4n) is 3.33. The van der Waals surface area contributed by atoms with Crippen LogP contribution in [0.1, 0.15) is 0 Å². The normalized spacial score (nSPS) is 11.3. The molecule has 0 aliphatic heterocycles. The number of pyridine rings is 2. The minimum Gasteiger partial charge on any atom is -0.376 e. The van der Waals surface area contributed by atoms with Gasteiger partial charge in [-0.15, -0.1) is 0 Å². The standard InChI is InChI=1S/C21H18N6/c1-27(2)16-7-14(10-23-12-16)13-3-4-19-17(8-13)21(26-25-19)20-9-15-11-22-6-5-18(15)24-20/h3-12,24H,1-2H3,(H,25,26). The highest BCUT2D eigenvalue weighted by Gasteiger charge is 2.12. The third-order valence-electron chi connectivity index (χ3n) is 4.81. The molecule has 4 aromatic heterocycles. The molecular weight excluding hydrogens is 336 g/mol. The van der Waals surface area contributed by atoms with Gasteiger partial charge in [-0.3, -0.25) is 15.1 Å². The van der Waals surface area contributed by atoms with E-state index in [9.17, 15) is 0 Å². The first kappa shape index (κ1) is 15.6. The summed E-state index contributed by atoms with van der Waals surface area (Å²) >= 11 is 0. The van der Waals surface area contributed by atoms with Crippen molar-refractivity contribution in [2.75, 3.05) is 19.0 Å². The van der Waals surface area contributed by atoms with E-state index in [2.05, 4.69) is 60.4 Å². The molecule has 4 heterocycles. The summed E-state index contributed by atoms with van der Waals surface area (Å²) in [7, 11) is 4.03. The van der Waals surface area contributed by atoms with Crippen LogP contribution in [0.5, 0.6) is 0 Å². The summed E-state index contributed by atoms with van der Waals surface area (Å²) < 4.78 is 0. The van der Waals surface area contributed by atoms with Crippen molar-refractivity contribution in [2.24, 2.45) is 0 Å². The Morgan fingerprint density at radius 2 is 1.78 bits per heavy atom. The molecule has 5 aromatic rings. The zero-order chi connectivity index (χ0) is 18.4. The predicted octanol–water partition coefficient (Wildman–Crippen LogP) is 4.23. The monoisotopic (exact) mass is 354 g/mol. The van der Waals surface area contributed by atoms with Crippen molar-refractivity contribution < 1.29 is 0 Å². The molecule has 6 heteroatoms. The average Bonchev–Trinajstić information content (AvgIpc) is 3.31. The van der Waals surface area contributed by atoms with Crippen LogP contribution >= 0.6 is 0 Å². The van der Waals surface area contributed by atoms with Crippen molar-refractivity contribution in [1.82, 2.24) is 25.1 Å². The summed E-state index contributed by atoms with van der Waals surface area (Å²) in [6.07, 6.45) is 7.40. The van der Waals surface area contributed by atoms with E-state index in [4.69, 9.17) is 0 Å². The number of benzene rings is 1. The molecular formula is C21H18N6. The van der Waals surface area contributed by atoms with Crippen LogP contribution in [0, 0.1) is 0 Å². The second-order valence-corrected chi connectivity index (χ2v) is 6.80. The highest BCUT2D eigenvalue weighted by molar-refractivity contribution is 5.97. The van der Waals surface area contributed by atoms with Gasteiger partial charge < -0.3 is 9.88 Å². The lowest BCUT2D eigenvalue weighted by molar-refractivity contribution is 1.11. The number of hydrogen-bond acceptors (Lipinski definition) is 4. The summed E-state index contributed by atoms with van der Waals surface area (Å²) in [6, 6.07) is 12.5. The summed E-state index contributed by atoms with van der Waals surface area (Å²) in [6.45, 7) is 0. The van der Waals surface area contributed by atoms with Gasteiger partial charge in [0, 0.05) is 54.5 Å². The topological polar surface area (TPSA) is 73.5 Å². The summed E-state index contributed by atoms with van der Waals surface area (Å²) in [5.41, 5.74) is 7.19. The van der Waals surface area contributed by atoms with Crippen LogP contribution in [0.2, 0.25) is 0 Å². The second-order valence-electron chi connectivity index (χ2n) is 6.80. The van der Waals surface area contributed by atoms with Crippen molar-refractivity contribution in [3.8, 4) is 22.5 Å². The maximum Gasteiger partial charge on any atom is 0.116 e. The van der Waals surface area contributed by atoms with Crippen LogP contribution in [0.4, 0.5) is 5.69 Å². The molecule has 1 aromatic carbocycles. The molecule has 0 bridgehead atoms. The first-order valence-electron chi connectivity index (χ1n) is 8.73. The van der Waals surface area contributed by atoms with Gasteiger partial charge in [-0.05, 0) is 35.9 Å². The van der Waals surface area contributed by atoms with Crippen LogP contribution < -0.4 is 4.90 Å². The summed E-state index contributed by atoms with van der Waals surface area (Å²) in [4.78, 5) is 14.1. The van der Waals surface area contributed by atoms with Crippen molar-refractivity contribution in [3.63, 3.8) is 0 Å². The van der Waals surface area contributed by atoms with E-state index in [1.54, 1.807) is 6.20 Å². The molecule has 5 rings (SSSR count). The first-order valence-corrected chi connectivity index (χ1v) is 8.73. The summed E-state index contributed by atoms with van der Waals surface area (Å²) in [5.74, 6) is 0. The Labute approximate surface area is 155 Å². The Morgan fingerprint density at radius 3 is 2.63 bits per heavy atom. The van der Waals surface area contributed by atoms with Gasteiger partial charge in [-0.1, -0.05) is 6.07 Å². The Bertz CT molecular complexity index is 1230. The van der Waals surface area contributed by atoms with E-state index in [-0.39, 0.29) is 0 Å². The fraction of sp³-hybridized carbons (Fsp3) is 0.0952. The van der Waals surface area contributed by atoms with Crippen molar-refractivity contribution >= 4 is 27.5 Å². The van der Waals surface area contributed by atoms with E-state index in [0.29, 0.717) is 0 Å². The lowest BCUT2D eigenvalue weighted by Crippen LogP contribution is -2.08. The zero-order valence-corrected chi connectivity index (χ0v) is 15.1. The largest absolute Gasteiger partial charge is 0.376 e. The van der Waals surface area contributed by atoms with Crippen LogP contribution in [0.15, 0.2) is 61.2 Å². The number of aromatic amines is 2. The molecule has 0 amide bonds. The molecule has 0 spiro atoms. The smallest absolute Gasteiger partial charge is 0.116 e. The molecule has 2 N–H and O–H groups in total. The molecule has 0 aliphatic rings. The number of nitrogens with one attached hydrogen (secondary N) is 2. The van der Waals surface area contributed by atoms with Gasteiger partial charge in [0.2, 0.25) is 0 Å². The Balaban J connectivity index is 1.65. The van der Waals surface area contributed by atoms with E-state index in [1.165, 1.54) is 0 Å². The Hall–Kier alpha value is -3.67. The van der Waals surface area contributed by atoms with Crippen molar-refractivity contribution in [1.29, 1.82) is 0 Å². The van der Waals surface area contributed by atoms with E-state index < -0.39 is 0 Å². The molecule has 27 heavy (non-hydrogen) atoms. The Morgan fingerprint density at radius 1 is 0.852 bits per heavy atom. The summed E-state index contributed by atoms with van der Waals surface area (Å²) in [5, 5.41) is 9.81. The van der Waals surface area contributed by atoms with Gasteiger partial charge >= 0.3 is 0 Å². The minimum absolute atomic E-state index is 0.903. The molecule has 0 saturated carbocycles. The number of hydrogen-bond donors (Lipinski definition) is 2.